The molecular weight excluding hydrogens is 190 g/mol. The first-order valence-corrected chi connectivity index (χ1v) is 5.87. The van der Waals surface area contributed by atoms with Crippen molar-refractivity contribution >= 4 is 29.3 Å². The molecule has 1 aromatic rings. The second-order valence-corrected chi connectivity index (χ2v) is 4.53. The van der Waals surface area contributed by atoms with Gasteiger partial charge in [0.05, 0.1) is 10.6 Å². The lowest BCUT2D eigenvalue weighted by atomic mass is 9.95. The Morgan fingerprint density at radius 1 is 1.29 bits per heavy atom. The molecule has 2 heterocycles. The number of allylic oxidation sites excluding steroid dienone is 1. The monoisotopic (exact) mass is 207 g/mol. The fourth-order valence-corrected chi connectivity index (χ4v) is 1.85. The fraction of sp³-hybridized carbons (Fsp3) is 0.417. The summed E-state index contributed by atoms with van der Waals surface area (Å²) in [6.07, 6.45) is 6.36. The van der Waals surface area contributed by atoms with E-state index in [2.05, 4.69) is 42.4 Å². The number of hydrogen-bond acceptors (Lipinski definition) is 2. The molecule has 0 aliphatic carbocycles. The summed E-state index contributed by atoms with van der Waals surface area (Å²) < 4.78 is 0. The highest BCUT2D eigenvalue weighted by Gasteiger charge is 2.13. The topological polar surface area (TPSA) is 12.4 Å². The average Bonchev–Trinajstić information content (AvgIpc) is 2.58. The SMILES string of the molecule is CC.CC1(C)C=Cc2sccc2N=C1. The molecule has 0 unspecified atom stereocenters. The number of aliphatic imine (C=N–C) groups is 1. The molecule has 0 spiro atoms. The Balaban J connectivity index is 0.000000461. The first-order valence-electron chi connectivity index (χ1n) is 4.99. The minimum atomic E-state index is 0.0960. The molecule has 0 bridgehead atoms. The van der Waals surface area contributed by atoms with E-state index in [1.807, 2.05) is 20.1 Å². The van der Waals surface area contributed by atoms with Crippen LogP contribution in [0, 0.1) is 5.41 Å². The highest BCUT2D eigenvalue weighted by Crippen LogP contribution is 2.31. The standard InChI is InChI=1S/C10H11NS.C2H6/c1-10(2)5-3-9-8(11-7-10)4-6-12-9;1-2/h3-7H,1-2H3;1-2H3. The largest absolute Gasteiger partial charge is 0.259 e. The zero-order chi connectivity index (χ0) is 10.6. The first kappa shape index (κ1) is 11.2. The smallest absolute Gasteiger partial charge is 0.0805 e. The molecule has 1 nitrogen and oxygen atoms in total. The van der Waals surface area contributed by atoms with E-state index in [4.69, 9.17) is 0 Å². The molecule has 1 aromatic heterocycles. The number of hydrogen-bond donors (Lipinski definition) is 0. The van der Waals surface area contributed by atoms with E-state index >= 15 is 0 Å². The summed E-state index contributed by atoms with van der Waals surface area (Å²) in [5.41, 5.74) is 1.19. The highest BCUT2D eigenvalue weighted by atomic mass is 32.1. The predicted molar refractivity (Wildman–Crippen MR) is 66.6 cm³/mol. The molecule has 14 heavy (non-hydrogen) atoms. The molecule has 0 radical (unpaired) electrons. The molecule has 0 saturated heterocycles. The van der Waals surface area contributed by atoms with Gasteiger partial charge in [0.15, 0.2) is 0 Å². The maximum absolute atomic E-state index is 4.42. The molecule has 0 amide bonds. The summed E-state index contributed by atoms with van der Waals surface area (Å²) in [4.78, 5) is 5.68. The normalized spacial score (nSPS) is 16.6. The van der Waals surface area contributed by atoms with Gasteiger partial charge in [0.25, 0.3) is 0 Å². The van der Waals surface area contributed by atoms with E-state index in [0.717, 1.165) is 5.69 Å². The van der Waals surface area contributed by atoms with E-state index < -0.39 is 0 Å². The summed E-state index contributed by atoms with van der Waals surface area (Å²) in [5, 5.41) is 2.07. The van der Waals surface area contributed by atoms with Gasteiger partial charge in [-0.25, -0.2) is 0 Å². The summed E-state index contributed by atoms with van der Waals surface area (Å²) in [6, 6.07) is 2.06. The Bertz CT molecular complexity index is 314. The van der Waals surface area contributed by atoms with Gasteiger partial charge in [0.2, 0.25) is 0 Å². The molecule has 1 aliphatic heterocycles. The van der Waals surface area contributed by atoms with Gasteiger partial charge >= 0.3 is 0 Å². The van der Waals surface area contributed by atoms with Crippen molar-refractivity contribution in [3.63, 3.8) is 0 Å². The number of nitrogens with zero attached hydrogens (tertiary/aromatic N) is 1. The van der Waals surface area contributed by atoms with Crippen molar-refractivity contribution in [1.82, 2.24) is 0 Å². The minimum absolute atomic E-state index is 0.0960. The Kier molecular flexibility index (Phi) is 3.64. The van der Waals surface area contributed by atoms with Gasteiger partial charge in [-0.1, -0.05) is 33.8 Å². The average molecular weight is 207 g/mol. The molecular formula is C12H17NS. The summed E-state index contributed by atoms with van der Waals surface area (Å²) in [7, 11) is 0. The van der Waals surface area contributed by atoms with E-state index in [0.29, 0.717) is 0 Å². The molecule has 1 aliphatic rings. The third kappa shape index (κ3) is 2.55. The van der Waals surface area contributed by atoms with Gasteiger partial charge in [-0.05, 0) is 17.5 Å². The van der Waals surface area contributed by atoms with Gasteiger partial charge in [-0.2, -0.15) is 0 Å². The third-order valence-corrected chi connectivity index (χ3v) is 2.75. The molecule has 0 atom stereocenters. The van der Waals surface area contributed by atoms with E-state index in [-0.39, 0.29) is 5.41 Å². The Morgan fingerprint density at radius 3 is 2.71 bits per heavy atom. The Hall–Kier alpha value is -0.890. The molecule has 0 fully saturated rings. The van der Waals surface area contributed by atoms with E-state index in [9.17, 15) is 0 Å². The van der Waals surface area contributed by atoms with Crippen LogP contribution in [0.4, 0.5) is 5.69 Å². The lowest BCUT2D eigenvalue weighted by Crippen LogP contribution is -2.07. The van der Waals surface area contributed by atoms with Gasteiger partial charge in [0, 0.05) is 11.6 Å². The van der Waals surface area contributed by atoms with Gasteiger partial charge < -0.3 is 0 Å². The summed E-state index contributed by atoms with van der Waals surface area (Å²) in [6.45, 7) is 8.31. The Labute approximate surface area is 90.2 Å². The maximum Gasteiger partial charge on any atom is 0.0805 e. The van der Waals surface area contributed by atoms with Crippen molar-refractivity contribution in [2.75, 3.05) is 0 Å². The van der Waals surface area contributed by atoms with Gasteiger partial charge in [-0.3, -0.25) is 4.99 Å². The van der Waals surface area contributed by atoms with Crippen LogP contribution in [0.5, 0.6) is 0 Å². The van der Waals surface area contributed by atoms with Crippen LogP contribution in [0.15, 0.2) is 22.5 Å². The molecule has 0 saturated carbocycles. The number of fused-ring (bicyclic) bond motifs is 1. The van der Waals surface area contributed by atoms with E-state index in [1.165, 1.54) is 4.88 Å². The van der Waals surface area contributed by atoms with Crippen molar-refractivity contribution in [3.8, 4) is 0 Å². The third-order valence-electron chi connectivity index (χ3n) is 1.87. The van der Waals surface area contributed by atoms with Crippen molar-refractivity contribution in [2.45, 2.75) is 27.7 Å². The van der Waals surface area contributed by atoms with Crippen molar-refractivity contribution in [1.29, 1.82) is 0 Å². The second kappa shape index (κ2) is 4.56. The van der Waals surface area contributed by atoms with Crippen LogP contribution in [-0.4, -0.2) is 6.21 Å². The summed E-state index contributed by atoms with van der Waals surface area (Å²) in [5.74, 6) is 0. The van der Waals surface area contributed by atoms with Crippen LogP contribution in [0.2, 0.25) is 0 Å². The van der Waals surface area contributed by atoms with Crippen LogP contribution in [0.25, 0.3) is 6.08 Å². The van der Waals surface area contributed by atoms with Crippen LogP contribution in [0.3, 0.4) is 0 Å². The zero-order valence-electron chi connectivity index (χ0n) is 9.24. The van der Waals surface area contributed by atoms with Crippen LogP contribution in [0.1, 0.15) is 32.6 Å². The van der Waals surface area contributed by atoms with Gasteiger partial charge in [-0.15, -0.1) is 11.3 Å². The molecule has 76 valence electrons. The van der Waals surface area contributed by atoms with Crippen LogP contribution < -0.4 is 0 Å². The van der Waals surface area contributed by atoms with Crippen molar-refractivity contribution in [3.05, 3.63) is 22.4 Å². The number of thiophene rings is 1. The minimum Gasteiger partial charge on any atom is -0.259 e. The van der Waals surface area contributed by atoms with Crippen molar-refractivity contribution < 1.29 is 0 Å². The zero-order valence-corrected chi connectivity index (χ0v) is 10.1. The Morgan fingerprint density at radius 2 is 2.00 bits per heavy atom. The van der Waals surface area contributed by atoms with E-state index in [1.54, 1.807) is 11.3 Å². The van der Waals surface area contributed by atoms with Crippen LogP contribution >= 0.6 is 11.3 Å². The lowest BCUT2D eigenvalue weighted by Gasteiger charge is -2.10. The first-order chi connectivity index (χ1) is 6.67. The van der Waals surface area contributed by atoms with Crippen molar-refractivity contribution in [2.24, 2.45) is 10.4 Å². The van der Waals surface area contributed by atoms with Gasteiger partial charge in [0.1, 0.15) is 0 Å². The highest BCUT2D eigenvalue weighted by molar-refractivity contribution is 7.11. The van der Waals surface area contributed by atoms with Crippen LogP contribution in [-0.2, 0) is 0 Å². The second-order valence-electron chi connectivity index (χ2n) is 3.58. The summed E-state index contributed by atoms with van der Waals surface area (Å²) >= 11 is 1.74. The number of rotatable bonds is 0. The lowest BCUT2D eigenvalue weighted by molar-refractivity contribution is 0.699. The molecule has 0 aromatic carbocycles. The predicted octanol–water partition coefficient (Wildman–Crippen LogP) is 4.53. The fourth-order valence-electron chi connectivity index (χ4n) is 1.12. The maximum atomic E-state index is 4.42. The quantitative estimate of drug-likeness (QED) is 0.592. The molecule has 2 heteroatoms. The molecule has 2 rings (SSSR count). The molecule has 0 N–H and O–H groups in total.